The Balaban J connectivity index is 1.30. The van der Waals surface area contributed by atoms with Crippen LogP contribution >= 0.6 is 0 Å². The van der Waals surface area contributed by atoms with Crippen LogP contribution in [0.5, 0.6) is 0 Å². The molecule has 2 saturated heterocycles. The van der Waals surface area contributed by atoms with Crippen molar-refractivity contribution < 1.29 is 22.7 Å². The minimum absolute atomic E-state index is 0.0276. The molecule has 1 atom stereocenters. The molecule has 0 aromatic carbocycles. The van der Waals surface area contributed by atoms with Gasteiger partial charge in [-0.25, -0.2) is 19.4 Å². The number of piperazine rings is 1. The number of hydrogen-bond donors (Lipinski definition) is 1. The van der Waals surface area contributed by atoms with Crippen molar-refractivity contribution in [2.45, 2.75) is 64.4 Å². The maximum absolute atomic E-state index is 13.3. The number of aromatic nitrogens is 4. The van der Waals surface area contributed by atoms with Crippen LogP contribution in [0, 0.1) is 6.92 Å². The molecule has 4 heterocycles. The highest BCUT2D eigenvalue weighted by Gasteiger charge is 2.33. The van der Waals surface area contributed by atoms with Crippen molar-refractivity contribution in [3.8, 4) is 0 Å². The lowest BCUT2D eigenvalue weighted by atomic mass is 10.1. The number of alkyl halides is 3. The van der Waals surface area contributed by atoms with E-state index in [0.29, 0.717) is 57.3 Å². The molecular weight excluding hydrogens is 557 g/mol. The van der Waals surface area contributed by atoms with Gasteiger partial charge in [-0.15, -0.1) is 5.10 Å². The number of carbonyl (C=O) groups excluding carboxylic acids is 1. The van der Waals surface area contributed by atoms with Gasteiger partial charge in [-0.1, -0.05) is 19.6 Å². The minimum atomic E-state index is -4.48. The Bertz CT molecular complexity index is 1240. The van der Waals surface area contributed by atoms with Crippen molar-refractivity contribution in [2.75, 3.05) is 56.1 Å². The van der Waals surface area contributed by atoms with Crippen LogP contribution in [-0.2, 0) is 17.6 Å². The standard InChI is InChI=1S/C26H39F3N8O3Si/c1-19-14-22(33-37(23(19)38)18-40-12-13-41(2,3)4)32-21-6-5-7-36(17-21)25(39)35-10-8-34(9-11-35)24-30-15-20(16-31-24)26(27,28)29/h14-16,21H,5-13,17-18H2,1-4H3,(H,32,33)/t21-/m1/s1. The normalized spacial score (nSPS) is 18.5. The topological polar surface area (TPSA) is 109 Å². The lowest BCUT2D eigenvalue weighted by Crippen LogP contribution is -2.56. The fourth-order valence-corrected chi connectivity index (χ4v) is 5.53. The number of nitrogens with zero attached hydrogens (tertiary/aromatic N) is 7. The molecule has 226 valence electrons. The molecule has 0 saturated carbocycles. The van der Waals surface area contributed by atoms with Gasteiger partial charge in [0.15, 0.2) is 0 Å². The number of piperidine rings is 1. The lowest BCUT2D eigenvalue weighted by molar-refractivity contribution is -0.138. The number of amides is 2. The number of aryl methyl sites for hydroxylation is 1. The largest absolute Gasteiger partial charge is 0.419 e. The molecule has 2 amide bonds. The Morgan fingerprint density at radius 2 is 1.78 bits per heavy atom. The van der Waals surface area contributed by atoms with Crippen LogP contribution in [0.3, 0.4) is 0 Å². The first-order valence-electron chi connectivity index (χ1n) is 13.9. The van der Waals surface area contributed by atoms with Crippen LogP contribution in [0.1, 0.15) is 24.0 Å². The van der Waals surface area contributed by atoms with Crippen molar-refractivity contribution in [2.24, 2.45) is 0 Å². The van der Waals surface area contributed by atoms with Crippen LogP contribution in [0.25, 0.3) is 0 Å². The Kier molecular flexibility index (Phi) is 9.57. The summed E-state index contributed by atoms with van der Waals surface area (Å²) in [5.74, 6) is 0.790. The van der Waals surface area contributed by atoms with Crippen LogP contribution in [0.2, 0.25) is 25.7 Å². The first-order valence-corrected chi connectivity index (χ1v) is 17.6. The molecule has 1 N–H and O–H groups in total. The summed E-state index contributed by atoms with van der Waals surface area (Å²) in [4.78, 5) is 38.9. The second-order valence-electron chi connectivity index (χ2n) is 11.8. The summed E-state index contributed by atoms with van der Waals surface area (Å²) in [6, 6.07) is 2.63. The molecule has 11 nitrogen and oxygen atoms in total. The second-order valence-corrected chi connectivity index (χ2v) is 17.4. The zero-order valence-electron chi connectivity index (χ0n) is 24.1. The van der Waals surface area contributed by atoms with Crippen molar-refractivity contribution in [3.63, 3.8) is 0 Å². The summed E-state index contributed by atoms with van der Waals surface area (Å²) >= 11 is 0. The van der Waals surface area contributed by atoms with Crippen molar-refractivity contribution >= 4 is 25.9 Å². The van der Waals surface area contributed by atoms with E-state index >= 15 is 0 Å². The van der Waals surface area contributed by atoms with Gasteiger partial charge in [-0.05, 0) is 31.9 Å². The maximum atomic E-state index is 13.3. The smallest absolute Gasteiger partial charge is 0.364 e. The van der Waals surface area contributed by atoms with E-state index < -0.39 is 19.8 Å². The number of rotatable bonds is 8. The van der Waals surface area contributed by atoms with E-state index in [-0.39, 0.29) is 30.3 Å². The zero-order chi connectivity index (χ0) is 29.8. The van der Waals surface area contributed by atoms with Crippen molar-refractivity contribution in [1.29, 1.82) is 0 Å². The van der Waals surface area contributed by atoms with Gasteiger partial charge in [0.25, 0.3) is 5.56 Å². The number of urea groups is 1. The number of anilines is 2. The van der Waals surface area contributed by atoms with E-state index in [1.165, 1.54) is 4.68 Å². The molecule has 2 aromatic rings. The quantitative estimate of drug-likeness (QED) is 0.365. The Morgan fingerprint density at radius 3 is 2.41 bits per heavy atom. The highest BCUT2D eigenvalue weighted by molar-refractivity contribution is 6.76. The molecule has 0 aliphatic carbocycles. The second kappa shape index (κ2) is 12.8. The Hall–Kier alpha value is -3.20. The van der Waals surface area contributed by atoms with Crippen LogP contribution < -0.4 is 15.8 Å². The molecule has 41 heavy (non-hydrogen) atoms. The zero-order valence-corrected chi connectivity index (χ0v) is 25.1. The van der Waals surface area contributed by atoms with Gasteiger partial charge in [-0.2, -0.15) is 13.2 Å². The number of hydrogen-bond acceptors (Lipinski definition) is 8. The van der Waals surface area contributed by atoms with Crippen molar-refractivity contribution in [1.82, 2.24) is 29.5 Å². The van der Waals surface area contributed by atoms with Crippen LogP contribution in [-0.4, -0.2) is 95.6 Å². The van der Waals surface area contributed by atoms with Gasteiger partial charge in [0, 0.05) is 77.9 Å². The third-order valence-corrected chi connectivity index (χ3v) is 8.91. The molecule has 2 aliphatic rings. The third-order valence-electron chi connectivity index (χ3n) is 7.21. The highest BCUT2D eigenvalue weighted by atomic mass is 28.3. The number of nitrogens with one attached hydrogen (secondary N) is 1. The van der Waals surface area contributed by atoms with Gasteiger partial charge < -0.3 is 24.8 Å². The maximum Gasteiger partial charge on any atom is 0.419 e. The van der Waals surface area contributed by atoms with E-state index in [1.54, 1.807) is 22.8 Å². The molecule has 0 radical (unpaired) electrons. The summed E-state index contributed by atoms with van der Waals surface area (Å²) in [7, 11) is -1.24. The molecule has 2 aromatic heterocycles. The van der Waals surface area contributed by atoms with E-state index in [2.05, 4.69) is 40.0 Å². The van der Waals surface area contributed by atoms with E-state index in [9.17, 15) is 22.8 Å². The molecule has 2 aliphatic heterocycles. The molecule has 0 bridgehead atoms. The average molecular weight is 597 g/mol. The van der Waals surface area contributed by atoms with E-state index in [1.807, 2.05) is 4.90 Å². The van der Waals surface area contributed by atoms with Gasteiger partial charge in [0.2, 0.25) is 5.95 Å². The molecule has 4 rings (SSSR count). The summed E-state index contributed by atoms with van der Waals surface area (Å²) in [5, 5.41) is 7.86. The van der Waals surface area contributed by atoms with Gasteiger partial charge in [-0.3, -0.25) is 4.79 Å². The van der Waals surface area contributed by atoms with Crippen LogP contribution in [0.4, 0.5) is 29.7 Å². The molecular formula is C26H39F3N8O3Si. The fourth-order valence-electron chi connectivity index (χ4n) is 4.77. The first-order chi connectivity index (χ1) is 19.3. The summed E-state index contributed by atoms with van der Waals surface area (Å²) in [6.07, 6.45) is -1.24. The van der Waals surface area contributed by atoms with E-state index in [0.717, 1.165) is 31.3 Å². The number of halogens is 3. The highest BCUT2D eigenvalue weighted by Crippen LogP contribution is 2.28. The number of ether oxygens (including phenoxy) is 1. The summed E-state index contributed by atoms with van der Waals surface area (Å²) < 4.78 is 45.5. The third kappa shape index (κ3) is 8.41. The molecule has 2 fully saturated rings. The SMILES string of the molecule is Cc1cc(N[C@@H]2CCCN(C(=O)N3CCN(c4ncc(C(F)(F)F)cn4)CC3)C2)nn(COCC[Si](C)(C)C)c1=O. The predicted molar refractivity (Wildman–Crippen MR) is 152 cm³/mol. The van der Waals surface area contributed by atoms with Crippen molar-refractivity contribution in [3.05, 3.63) is 39.9 Å². The summed E-state index contributed by atoms with van der Waals surface area (Å²) in [5.41, 5.74) is -0.516. The number of likely N-dealkylation sites (tertiary alicyclic amines) is 1. The Labute approximate surface area is 238 Å². The van der Waals surface area contributed by atoms with Gasteiger partial charge in [0.05, 0.1) is 5.56 Å². The number of carbonyl (C=O) groups is 1. The fraction of sp³-hybridized carbons (Fsp3) is 0.654. The molecule has 0 spiro atoms. The molecule has 15 heteroatoms. The predicted octanol–water partition coefficient (Wildman–Crippen LogP) is 3.49. The molecule has 0 unspecified atom stereocenters. The lowest BCUT2D eigenvalue weighted by Gasteiger charge is -2.40. The monoisotopic (exact) mass is 596 g/mol. The van der Waals surface area contributed by atoms with E-state index in [4.69, 9.17) is 4.74 Å². The Morgan fingerprint density at radius 1 is 1.10 bits per heavy atom. The van der Waals surface area contributed by atoms with Crippen LogP contribution in [0.15, 0.2) is 23.3 Å². The van der Waals surface area contributed by atoms with Gasteiger partial charge >= 0.3 is 12.2 Å². The summed E-state index contributed by atoms with van der Waals surface area (Å²) in [6.45, 7) is 12.1. The van der Waals surface area contributed by atoms with Gasteiger partial charge in [0.1, 0.15) is 12.5 Å². The average Bonchev–Trinajstić information content (AvgIpc) is 2.92. The minimum Gasteiger partial charge on any atom is -0.364 e. The first kappa shape index (κ1) is 30.7.